The van der Waals surface area contributed by atoms with E-state index in [0.29, 0.717) is 12.2 Å². The van der Waals surface area contributed by atoms with Gasteiger partial charge >= 0.3 is 7.82 Å². The molecule has 1 aromatic rings. The number of rotatable bonds is 14. The summed E-state index contributed by atoms with van der Waals surface area (Å²) in [6.07, 6.45) is 9.29. The van der Waals surface area contributed by atoms with Crippen LogP contribution in [0.5, 0.6) is 11.5 Å². The van der Waals surface area contributed by atoms with Crippen LogP contribution in [0.25, 0.3) is 0 Å². The Morgan fingerprint density at radius 3 is 2.68 bits per heavy atom. The monoisotopic (exact) mass is 413 g/mol. The molecule has 0 aliphatic heterocycles. The van der Waals surface area contributed by atoms with Crippen LogP contribution in [-0.4, -0.2) is 30.1 Å². The van der Waals surface area contributed by atoms with Crippen LogP contribution in [0, 0.1) is 0 Å². The van der Waals surface area contributed by atoms with Crippen LogP contribution in [0.3, 0.4) is 0 Å². The molecule has 0 bridgehead atoms. The van der Waals surface area contributed by atoms with Gasteiger partial charge in [-0.2, -0.15) is 0 Å². The molecule has 0 radical (unpaired) electrons. The van der Waals surface area contributed by atoms with Crippen molar-refractivity contribution in [3.63, 3.8) is 0 Å². The normalized spacial score (nSPS) is 16.1. The number of phosphoric acid groups is 1. The molecule has 28 heavy (non-hydrogen) atoms. The Labute approximate surface area is 167 Å². The molecule has 1 atom stereocenters. The predicted molar refractivity (Wildman–Crippen MR) is 108 cm³/mol. The summed E-state index contributed by atoms with van der Waals surface area (Å²) in [7, 11) is -4.26. The molecule has 0 saturated heterocycles. The summed E-state index contributed by atoms with van der Waals surface area (Å²) >= 11 is 0. The van der Waals surface area contributed by atoms with Crippen molar-refractivity contribution in [1.29, 1.82) is 0 Å². The van der Waals surface area contributed by atoms with E-state index < -0.39 is 7.82 Å². The van der Waals surface area contributed by atoms with Gasteiger partial charge in [0.1, 0.15) is 11.5 Å². The van der Waals surface area contributed by atoms with Crippen LogP contribution in [-0.2, 0) is 13.9 Å². The van der Waals surface area contributed by atoms with Gasteiger partial charge in [0, 0.05) is 19.0 Å². The summed E-state index contributed by atoms with van der Waals surface area (Å²) in [5.74, 6) is 0.738. The lowest BCUT2D eigenvalue weighted by atomic mass is 9.96. The molecule has 1 saturated carbocycles. The molecule has 1 aliphatic rings. The van der Waals surface area contributed by atoms with Crippen molar-refractivity contribution in [1.82, 2.24) is 5.32 Å². The summed E-state index contributed by atoms with van der Waals surface area (Å²) in [6, 6.07) is 6.63. The fraction of sp³-hybridized carbons (Fsp3) is 0.650. The number of unbranched alkanes of at least 4 members (excludes halogenated alkanes) is 4. The molecule has 1 fully saturated rings. The van der Waals surface area contributed by atoms with Crippen LogP contribution in [0.1, 0.15) is 64.7 Å². The molecule has 2 rings (SSSR count). The van der Waals surface area contributed by atoms with Gasteiger partial charge in [0.2, 0.25) is 5.91 Å². The summed E-state index contributed by atoms with van der Waals surface area (Å²) in [5, 5.41) is 2.68. The largest absolute Gasteiger partial charge is 0.527 e. The van der Waals surface area contributed by atoms with E-state index in [9.17, 15) is 14.3 Å². The molecule has 1 aromatic carbocycles. The molecule has 1 unspecified atom stereocenters. The molecule has 158 valence electrons. The van der Waals surface area contributed by atoms with Gasteiger partial charge in [-0.25, -0.2) is 4.57 Å². The third kappa shape index (κ3) is 9.09. The van der Waals surface area contributed by atoms with Gasteiger partial charge in [-0.15, -0.1) is 0 Å². The zero-order valence-corrected chi connectivity index (χ0v) is 17.5. The highest BCUT2D eigenvalue weighted by Crippen LogP contribution is 2.44. The van der Waals surface area contributed by atoms with Gasteiger partial charge in [-0.3, -0.25) is 14.2 Å². The van der Waals surface area contributed by atoms with Crippen LogP contribution >= 0.6 is 7.82 Å². The number of carbonyl (C=O) groups excluding carboxylic acids is 1. The number of phosphoric ester groups is 1. The Morgan fingerprint density at radius 2 is 1.96 bits per heavy atom. The fourth-order valence-electron chi connectivity index (χ4n) is 2.77. The summed E-state index contributed by atoms with van der Waals surface area (Å²) in [6.45, 7) is 2.20. The number of benzene rings is 1. The first-order valence-corrected chi connectivity index (χ1v) is 11.7. The molecular weight excluding hydrogens is 381 g/mol. The second-order valence-corrected chi connectivity index (χ2v) is 8.43. The maximum Gasteiger partial charge on any atom is 0.527 e. The second kappa shape index (κ2) is 12.1. The number of amides is 1. The minimum absolute atomic E-state index is 0.0744. The van der Waals surface area contributed by atoms with Crippen molar-refractivity contribution in [2.45, 2.75) is 70.8 Å². The third-order valence-electron chi connectivity index (χ3n) is 4.57. The molecule has 0 aromatic heterocycles. The van der Waals surface area contributed by atoms with Gasteiger partial charge in [-0.05, 0) is 37.8 Å². The van der Waals surface area contributed by atoms with Gasteiger partial charge in [0.25, 0.3) is 0 Å². The van der Waals surface area contributed by atoms with E-state index in [0.717, 1.165) is 38.5 Å². The Bertz CT molecular complexity index is 649. The van der Waals surface area contributed by atoms with Crippen molar-refractivity contribution >= 4 is 13.7 Å². The van der Waals surface area contributed by atoms with E-state index >= 15 is 0 Å². The number of nitrogens with one attached hydrogen (secondary N) is 1. The number of ether oxygens (including phenoxy) is 1. The zero-order valence-electron chi connectivity index (χ0n) is 16.6. The van der Waals surface area contributed by atoms with Crippen molar-refractivity contribution in [3.05, 3.63) is 24.3 Å². The van der Waals surface area contributed by atoms with Crippen LogP contribution in [0.2, 0.25) is 0 Å². The molecule has 1 amide bonds. The van der Waals surface area contributed by atoms with Crippen LogP contribution in [0.4, 0.5) is 0 Å². The topological polar surface area (TPSA) is 94.1 Å². The summed E-state index contributed by atoms with van der Waals surface area (Å²) < 4.78 is 27.8. The van der Waals surface area contributed by atoms with Crippen molar-refractivity contribution < 1.29 is 28.0 Å². The Balaban J connectivity index is 1.63. The number of hydrogen-bond donors (Lipinski definition) is 2. The Morgan fingerprint density at radius 1 is 1.21 bits per heavy atom. The fourth-order valence-corrected chi connectivity index (χ4v) is 3.53. The van der Waals surface area contributed by atoms with Crippen molar-refractivity contribution in [2.75, 3.05) is 13.2 Å². The molecule has 0 heterocycles. The minimum atomic E-state index is -4.26. The van der Waals surface area contributed by atoms with Gasteiger partial charge in [0.05, 0.1) is 12.7 Å². The lowest BCUT2D eigenvalue weighted by Crippen LogP contribution is -2.26. The third-order valence-corrected chi connectivity index (χ3v) is 5.52. The molecule has 7 nitrogen and oxygen atoms in total. The average Bonchev–Trinajstić information content (AvgIpc) is 2.62. The maximum atomic E-state index is 12.1. The molecule has 0 spiro atoms. The van der Waals surface area contributed by atoms with Crippen molar-refractivity contribution in [3.8, 4) is 11.5 Å². The van der Waals surface area contributed by atoms with E-state index in [2.05, 4.69) is 12.2 Å². The molecule has 1 aliphatic carbocycles. The lowest BCUT2D eigenvalue weighted by molar-refractivity contribution is -0.121. The minimum Gasteiger partial charge on any atom is -0.490 e. The van der Waals surface area contributed by atoms with Gasteiger partial charge < -0.3 is 14.6 Å². The predicted octanol–water partition coefficient (Wildman–Crippen LogP) is 4.59. The smallest absolute Gasteiger partial charge is 0.490 e. The van der Waals surface area contributed by atoms with Crippen LogP contribution < -0.4 is 14.6 Å². The van der Waals surface area contributed by atoms with Gasteiger partial charge in [-0.1, -0.05) is 38.7 Å². The first-order valence-electron chi connectivity index (χ1n) is 10.2. The summed E-state index contributed by atoms with van der Waals surface area (Å²) in [5.41, 5.74) is 0. The lowest BCUT2D eigenvalue weighted by Gasteiger charge is -2.26. The highest BCUT2D eigenvalue weighted by molar-refractivity contribution is 7.47. The van der Waals surface area contributed by atoms with E-state index in [1.807, 2.05) is 0 Å². The average molecular weight is 413 g/mol. The quantitative estimate of drug-likeness (QED) is 0.342. The zero-order chi connectivity index (χ0) is 20.2. The second-order valence-electron chi connectivity index (χ2n) is 7.05. The van der Waals surface area contributed by atoms with Crippen LogP contribution in [0.15, 0.2) is 24.3 Å². The number of hydrogen-bond acceptors (Lipinski definition) is 5. The van der Waals surface area contributed by atoms with E-state index in [-0.39, 0.29) is 30.9 Å². The molecular formula is C20H32NO6P. The standard InChI is InChI=1S/C20H32NO6P/c1-2-3-4-5-6-13-20(22)21-14-15-25-28(23,24)27-19-12-8-11-18(16-19)26-17-9-7-10-17/h8,11-12,16-17H,2-7,9-10,13-15H2,1H3,(H,21,22)(H,23,24). The Hall–Kier alpha value is -1.56. The number of carbonyl (C=O) groups is 1. The molecule has 2 N–H and O–H groups in total. The van der Waals surface area contributed by atoms with Gasteiger partial charge in [0.15, 0.2) is 0 Å². The molecule has 8 heteroatoms. The first-order chi connectivity index (χ1) is 13.5. The SMILES string of the molecule is CCCCCCCC(=O)NCCOP(=O)(O)Oc1cccc(OC2CCC2)c1. The van der Waals surface area contributed by atoms with Crippen molar-refractivity contribution in [2.24, 2.45) is 0 Å². The van der Waals surface area contributed by atoms with E-state index in [4.69, 9.17) is 13.8 Å². The maximum absolute atomic E-state index is 12.1. The van der Waals surface area contributed by atoms with E-state index in [1.54, 1.807) is 24.3 Å². The Kier molecular flexibility index (Phi) is 9.82. The highest BCUT2D eigenvalue weighted by Gasteiger charge is 2.24. The highest BCUT2D eigenvalue weighted by atomic mass is 31.2. The van der Waals surface area contributed by atoms with E-state index in [1.165, 1.54) is 12.8 Å². The first kappa shape index (κ1) is 22.7. The summed E-state index contributed by atoms with van der Waals surface area (Å²) in [4.78, 5) is 21.5.